The van der Waals surface area contributed by atoms with Gasteiger partial charge < -0.3 is 10.2 Å². The molecule has 0 bridgehead atoms. The molecule has 0 aromatic heterocycles. The summed E-state index contributed by atoms with van der Waals surface area (Å²) in [6.45, 7) is 0. The van der Waals surface area contributed by atoms with Crippen LogP contribution in [0.3, 0.4) is 0 Å². The van der Waals surface area contributed by atoms with Crippen LogP contribution in [-0.2, 0) is 21.0 Å². The Bertz CT molecular complexity index is 1020. The molecule has 0 saturated carbocycles. The fourth-order valence-electron chi connectivity index (χ4n) is 4.03. The lowest BCUT2D eigenvalue weighted by Crippen LogP contribution is -2.52. The zero-order valence-corrected chi connectivity index (χ0v) is 16.5. The minimum absolute atomic E-state index is 0.479. The molecule has 0 saturated heterocycles. The molecule has 148 valence electrons. The molecule has 0 amide bonds. The van der Waals surface area contributed by atoms with Gasteiger partial charge in [-0.25, -0.2) is 8.42 Å². The van der Waals surface area contributed by atoms with E-state index in [-0.39, 0.29) is 0 Å². The van der Waals surface area contributed by atoms with Crippen LogP contribution in [0.25, 0.3) is 0 Å². The van der Waals surface area contributed by atoms with Gasteiger partial charge in [0.2, 0.25) is 0 Å². The van der Waals surface area contributed by atoms with Crippen LogP contribution in [0.2, 0.25) is 0 Å². The molecule has 2 aromatic carbocycles. The van der Waals surface area contributed by atoms with Crippen LogP contribution < -0.4 is 0 Å². The first kappa shape index (κ1) is 19.6. The molecule has 2 aliphatic carbocycles. The van der Waals surface area contributed by atoms with E-state index in [9.17, 15) is 18.6 Å². The second kappa shape index (κ2) is 7.26. The smallest absolute Gasteiger partial charge is 0.170 e. The predicted octanol–water partition coefficient (Wildman–Crippen LogP) is 3.17. The van der Waals surface area contributed by atoms with E-state index < -0.39 is 31.5 Å². The molecule has 4 atom stereocenters. The zero-order valence-electron chi connectivity index (χ0n) is 15.7. The van der Waals surface area contributed by atoms with E-state index in [0.29, 0.717) is 11.1 Å². The van der Waals surface area contributed by atoms with Gasteiger partial charge >= 0.3 is 0 Å². The van der Waals surface area contributed by atoms with Crippen molar-refractivity contribution in [2.45, 2.75) is 21.7 Å². The summed E-state index contributed by atoms with van der Waals surface area (Å²) in [5.74, 6) is 0. The third-order valence-electron chi connectivity index (χ3n) is 5.54. The molecule has 0 fully saturated rings. The Morgan fingerprint density at radius 3 is 1.38 bits per heavy atom. The molecule has 4 nitrogen and oxygen atoms in total. The minimum Gasteiger partial charge on any atom is -0.379 e. The van der Waals surface area contributed by atoms with Gasteiger partial charge in [-0.2, -0.15) is 0 Å². The summed E-state index contributed by atoms with van der Waals surface area (Å²) in [5, 5.41) is 20.4. The van der Waals surface area contributed by atoms with E-state index in [0.717, 1.165) is 0 Å². The first-order valence-electron chi connectivity index (χ1n) is 9.39. The van der Waals surface area contributed by atoms with Gasteiger partial charge in [0.15, 0.2) is 9.84 Å². The van der Waals surface area contributed by atoms with E-state index in [1.807, 2.05) is 12.1 Å². The van der Waals surface area contributed by atoms with E-state index in [4.69, 9.17) is 0 Å². The van der Waals surface area contributed by atoms with E-state index in [1.165, 1.54) is 24.3 Å². The Hall–Kier alpha value is -2.73. The fraction of sp³-hybridized carbons (Fsp3) is 0.167. The highest BCUT2D eigenvalue weighted by Gasteiger charge is 2.52. The third-order valence-corrected chi connectivity index (χ3v) is 7.99. The van der Waals surface area contributed by atoms with Crippen LogP contribution in [0.4, 0.5) is 0 Å². The van der Waals surface area contributed by atoms with E-state index in [1.54, 1.807) is 72.8 Å². The Morgan fingerprint density at radius 2 is 1.00 bits per heavy atom. The number of rotatable bonds is 4. The van der Waals surface area contributed by atoms with Crippen molar-refractivity contribution in [2.24, 2.45) is 0 Å². The van der Waals surface area contributed by atoms with Gasteiger partial charge in [-0.3, -0.25) is 0 Å². The summed E-state index contributed by atoms with van der Waals surface area (Å²) < 4.78 is 27.7. The van der Waals surface area contributed by atoms with E-state index >= 15 is 0 Å². The maximum Gasteiger partial charge on any atom is 0.170 e. The number of hydrogen-bond donors (Lipinski definition) is 2. The summed E-state index contributed by atoms with van der Waals surface area (Å²) in [7, 11) is -4.07. The summed E-state index contributed by atoms with van der Waals surface area (Å²) in [5.41, 5.74) is -2.51. The van der Waals surface area contributed by atoms with Gasteiger partial charge in [-0.15, -0.1) is 0 Å². The number of allylic oxidation sites excluding steroid dienone is 4. The minimum atomic E-state index is -4.07. The van der Waals surface area contributed by atoms with Crippen LogP contribution in [0.15, 0.2) is 109 Å². The molecule has 2 aromatic rings. The Kier molecular flexibility index (Phi) is 4.90. The van der Waals surface area contributed by atoms with Gasteiger partial charge in [0.05, 0.1) is 0 Å². The van der Waals surface area contributed by atoms with Crippen molar-refractivity contribution in [2.75, 3.05) is 0 Å². The first-order chi connectivity index (χ1) is 13.9. The number of aliphatic hydroxyl groups is 2. The topological polar surface area (TPSA) is 74.6 Å². The van der Waals surface area contributed by atoms with Crippen LogP contribution in [0.5, 0.6) is 0 Å². The van der Waals surface area contributed by atoms with Crippen molar-refractivity contribution < 1.29 is 18.6 Å². The average molecular weight is 407 g/mol. The van der Waals surface area contributed by atoms with Crippen molar-refractivity contribution >= 4 is 9.84 Å². The molecule has 29 heavy (non-hydrogen) atoms. The van der Waals surface area contributed by atoms with Crippen LogP contribution in [0.1, 0.15) is 11.1 Å². The highest BCUT2D eigenvalue weighted by Crippen LogP contribution is 2.42. The van der Waals surface area contributed by atoms with Crippen molar-refractivity contribution in [3.05, 3.63) is 120 Å². The third kappa shape index (κ3) is 3.21. The second-order valence-corrected chi connectivity index (χ2v) is 9.49. The van der Waals surface area contributed by atoms with Crippen LogP contribution in [-0.4, -0.2) is 29.1 Å². The maximum atomic E-state index is 13.8. The van der Waals surface area contributed by atoms with Gasteiger partial charge in [0.1, 0.15) is 21.7 Å². The number of benzene rings is 2. The quantitative estimate of drug-likeness (QED) is 0.818. The van der Waals surface area contributed by atoms with Crippen molar-refractivity contribution in [3.63, 3.8) is 0 Å². The predicted molar refractivity (Wildman–Crippen MR) is 114 cm³/mol. The SMILES string of the molecule is O=S(=O)(C1C=CC=CC1(O)c1ccccc1)C1C=CC=CC1(O)c1ccccc1. The summed E-state index contributed by atoms with van der Waals surface area (Å²) in [4.78, 5) is 0. The van der Waals surface area contributed by atoms with Gasteiger partial charge in [-0.1, -0.05) is 97.1 Å². The van der Waals surface area contributed by atoms with Gasteiger partial charge in [0, 0.05) is 0 Å². The molecular formula is C24H22O4S. The molecule has 2 aliphatic rings. The summed E-state index contributed by atoms with van der Waals surface area (Å²) in [6, 6.07) is 17.4. The molecule has 0 heterocycles. The van der Waals surface area contributed by atoms with Gasteiger partial charge in [-0.05, 0) is 23.3 Å². The standard InChI is InChI=1S/C24H22O4S/c25-23(19-11-3-1-4-12-19)17-9-7-15-21(23)29(27,28)22-16-8-10-18-24(22,26)20-13-5-2-6-14-20/h1-18,21-22,25-26H. The molecule has 0 radical (unpaired) electrons. The average Bonchev–Trinajstić information content (AvgIpc) is 2.75. The Morgan fingerprint density at radius 1 is 0.621 bits per heavy atom. The van der Waals surface area contributed by atoms with Crippen molar-refractivity contribution in [3.8, 4) is 0 Å². The molecule has 2 N–H and O–H groups in total. The molecule has 4 rings (SSSR count). The zero-order chi connectivity index (χ0) is 20.5. The molecular weight excluding hydrogens is 384 g/mol. The lowest BCUT2D eigenvalue weighted by Gasteiger charge is -2.40. The normalized spacial score (nSPS) is 31.1. The molecule has 0 aliphatic heterocycles. The summed E-state index contributed by atoms with van der Waals surface area (Å²) >= 11 is 0. The Balaban J connectivity index is 1.83. The monoisotopic (exact) mass is 406 g/mol. The molecule has 5 heteroatoms. The van der Waals surface area contributed by atoms with Crippen LogP contribution >= 0.6 is 0 Å². The fourth-order valence-corrected chi connectivity index (χ4v) is 6.39. The summed E-state index contributed by atoms with van der Waals surface area (Å²) in [6.07, 6.45) is 12.5. The highest BCUT2D eigenvalue weighted by atomic mass is 32.2. The highest BCUT2D eigenvalue weighted by molar-refractivity contribution is 7.93. The Labute approximate surface area is 170 Å². The van der Waals surface area contributed by atoms with Gasteiger partial charge in [0.25, 0.3) is 0 Å². The maximum absolute atomic E-state index is 13.8. The largest absolute Gasteiger partial charge is 0.379 e. The molecule has 0 spiro atoms. The number of sulfone groups is 1. The lowest BCUT2D eigenvalue weighted by molar-refractivity contribution is 0.0840. The second-order valence-electron chi connectivity index (χ2n) is 7.30. The van der Waals surface area contributed by atoms with Crippen molar-refractivity contribution in [1.29, 1.82) is 0 Å². The van der Waals surface area contributed by atoms with Crippen molar-refractivity contribution in [1.82, 2.24) is 0 Å². The first-order valence-corrected chi connectivity index (χ1v) is 11.0. The lowest BCUT2D eigenvalue weighted by atomic mass is 9.86. The molecule has 4 unspecified atom stereocenters. The van der Waals surface area contributed by atoms with Crippen LogP contribution in [0, 0.1) is 0 Å². The van der Waals surface area contributed by atoms with E-state index in [2.05, 4.69) is 0 Å². The number of hydrogen-bond acceptors (Lipinski definition) is 4.